The van der Waals surface area contributed by atoms with Gasteiger partial charge in [0.2, 0.25) is 0 Å². The molecule has 1 aliphatic heterocycles. The second kappa shape index (κ2) is 7.99. The molecule has 1 aromatic heterocycles. The van der Waals surface area contributed by atoms with E-state index in [4.69, 9.17) is 5.11 Å². The Balaban J connectivity index is 1.42. The average molecular weight is 391 g/mol. The van der Waals surface area contributed by atoms with Crippen molar-refractivity contribution in [1.82, 2.24) is 4.57 Å². The normalized spacial score (nSPS) is 14.9. The minimum Gasteiger partial charge on any atom is -0.481 e. The van der Waals surface area contributed by atoms with Gasteiger partial charge in [-0.05, 0) is 67.6 Å². The van der Waals surface area contributed by atoms with E-state index in [-0.39, 0.29) is 11.8 Å². The van der Waals surface area contributed by atoms with E-state index in [1.54, 1.807) is 0 Å². The van der Waals surface area contributed by atoms with Gasteiger partial charge in [-0.3, -0.25) is 9.59 Å². The van der Waals surface area contributed by atoms with Gasteiger partial charge in [-0.2, -0.15) is 0 Å². The number of nitrogens with zero attached hydrogens (tertiary/aromatic N) is 2. The number of fused-ring (bicyclic) bond motifs is 1. The van der Waals surface area contributed by atoms with Crippen molar-refractivity contribution in [3.63, 3.8) is 0 Å². The molecule has 6 nitrogen and oxygen atoms in total. The van der Waals surface area contributed by atoms with Crippen LogP contribution >= 0.6 is 0 Å². The summed E-state index contributed by atoms with van der Waals surface area (Å²) in [6.45, 7) is 4.42. The number of amides is 1. The number of piperidine rings is 1. The number of rotatable bonds is 5. The van der Waals surface area contributed by atoms with E-state index in [0.717, 1.165) is 41.9 Å². The van der Waals surface area contributed by atoms with Gasteiger partial charge in [0.15, 0.2) is 0 Å². The first kappa shape index (κ1) is 19.1. The predicted molar refractivity (Wildman–Crippen MR) is 115 cm³/mol. The van der Waals surface area contributed by atoms with Gasteiger partial charge >= 0.3 is 5.97 Å². The number of hydrogen-bond donors (Lipinski definition) is 2. The first-order valence-corrected chi connectivity index (χ1v) is 10.0. The molecule has 1 aliphatic rings. The maximum atomic E-state index is 12.7. The zero-order valence-corrected chi connectivity index (χ0v) is 16.5. The van der Waals surface area contributed by atoms with Crippen LogP contribution in [-0.4, -0.2) is 34.6 Å². The van der Waals surface area contributed by atoms with Crippen molar-refractivity contribution in [3.05, 3.63) is 60.3 Å². The third-order valence-electron chi connectivity index (χ3n) is 5.71. The third-order valence-corrected chi connectivity index (χ3v) is 5.71. The van der Waals surface area contributed by atoms with Crippen LogP contribution in [-0.2, 0) is 11.3 Å². The Morgan fingerprint density at radius 3 is 2.45 bits per heavy atom. The Hall–Kier alpha value is -3.28. The highest BCUT2D eigenvalue weighted by atomic mass is 16.4. The summed E-state index contributed by atoms with van der Waals surface area (Å²) >= 11 is 0. The summed E-state index contributed by atoms with van der Waals surface area (Å²) in [5, 5.41) is 13.3. The number of aromatic nitrogens is 1. The summed E-state index contributed by atoms with van der Waals surface area (Å²) in [6, 6.07) is 15.5. The van der Waals surface area contributed by atoms with Gasteiger partial charge in [-0.25, -0.2) is 0 Å². The molecule has 2 aromatic carbocycles. The molecule has 0 saturated carbocycles. The van der Waals surface area contributed by atoms with Crippen LogP contribution < -0.4 is 10.2 Å². The van der Waals surface area contributed by atoms with Crippen LogP contribution in [0.4, 0.5) is 11.4 Å². The van der Waals surface area contributed by atoms with E-state index in [0.29, 0.717) is 18.4 Å². The maximum Gasteiger partial charge on any atom is 0.306 e. The summed E-state index contributed by atoms with van der Waals surface area (Å²) < 4.78 is 2.15. The minimum absolute atomic E-state index is 0.143. The van der Waals surface area contributed by atoms with Crippen molar-refractivity contribution >= 4 is 34.2 Å². The van der Waals surface area contributed by atoms with Gasteiger partial charge in [0.1, 0.15) is 0 Å². The molecule has 0 aliphatic carbocycles. The highest BCUT2D eigenvalue weighted by molar-refractivity contribution is 6.05. The molecule has 4 rings (SSSR count). The van der Waals surface area contributed by atoms with Gasteiger partial charge in [0.05, 0.1) is 11.4 Å². The number of carbonyl (C=O) groups excluding carboxylic acids is 1. The highest BCUT2D eigenvalue weighted by Gasteiger charge is 2.24. The van der Waals surface area contributed by atoms with Crippen molar-refractivity contribution in [1.29, 1.82) is 0 Å². The molecule has 0 spiro atoms. The number of carboxylic acid groups (broad SMARTS) is 1. The summed E-state index contributed by atoms with van der Waals surface area (Å²) in [4.78, 5) is 25.9. The molecule has 1 saturated heterocycles. The molecule has 0 unspecified atom stereocenters. The lowest BCUT2D eigenvalue weighted by molar-refractivity contribution is -0.142. The molecule has 3 aromatic rings. The van der Waals surface area contributed by atoms with Crippen molar-refractivity contribution in [2.75, 3.05) is 23.3 Å². The molecule has 0 atom stereocenters. The SMILES string of the molecule is CCn1ccc2ccc(NC(=O)c3ccc(N4CCC(C(=O)O)CC4)cc3)cc21. The van der Waals surface area contributed by atoms with Crippen molar-refractivity contribution in [3.8, 4) is 0 Å². The molecule has 2 heterocycles. The molecule has 29 heavy (non-hydrogen) atoms. The zero-order valence-electron chi connectivity index (χ0n) is 16.5. The molecular formula is C23H25N3O3. The average Bonchev–Trinajstić information content (AvgIpc) is 3.16. The van der Waals surface area contributed by atoms with Crippen molar-refractivity contribution in [2.45, 2.75) is 26.3 Å². The Labute approximate surface area is 169 Å². The van der Waals surface area contributed by atoms with Crippen LogP contribution in [0.5, 0.6) is 0 Å². The molecular weight excluding hydrogens is 366 g/mol. The lowest BCUT2D eigenvalue weighted by atomic mass is 9.96. The fourth-order valence-corrected chi connectivity index (χ4v) is 3.95. The number of aliphatic carboxylic acids is 1. The van der Waals surface area contributed by atoms with E-state index in [1.165, 1.54) is 0 Å². The Bertz CT molecular complexity index is 1030. The molecule has 1 fully saturated rings. The second-order valence-corrected chi connectivity index (χ2v) is 7.48. The fraction of sp³-hybridized carbons (Fsp3) is 0.304. The number of nitrogens with one attached hydrogen (secondary N) is 1. The monoisotopic (exact) mass is 391 g/mol. The number of carbonyl (C=O) groups is 2. The van der Waals surface area contributed by atoms with E-state index >= 15 is 0 Å². The number of hydrogen-bond acceptors (Lipinski definition) is 3. The molecule has 150 valence electrons. The number of carboxylic acids is 1. The lowest BCUT2D eigenvalue weighted by Crippen LogP contribution is -2.36. The Morgan fingerprint density at radius 2 is 1.79 bits per heavy atom. The first-order valence-electron chi connectivity index (χ1n) is 10.0. The van der Waals surface area contributed by atoms with Crippen LogP contribution in [0, 0.1) is 5.92 Å². The summed E-state index contributed by atoms with van der Waals surface area (Å²) in [5.74, 6) is -1.10. The fourth-order valence-electron chi connectivity index (χ4n) is 3.95. The maximum absolute atomic E-state index is 12.7. The van der Waals surface area contributed by atoms with Crippen molar-refractivity contribution < 1.29 is 14.7 Å². The Kier molecular flexibility index (Phi) is 5.25. The molecule has 0 radical (unpaired) electrons. The minimum atomic E-state index is -0.707. The van der Waals surface area contributed by atoms with Gasteiger partial charge in [0, 0.05) is 42.8 Å². The second-order valence-electron chi connectivity index (χ2n) is 7.48. The highest BCUT2D eigenvalue weighted by Crippen LogP contribution is 2.25. The van der Waals surface area contributed by atoms with Crippen molar-refractivity contribution in [2.24, 2.45) is 5.92 Å². The van der Waals surface area contributed by atoms with E-state index in [1.807, 2.05) is 48.7 Å². The molecule has 6 heteroatoms. The van der Waals surface area contributed by atoms with E-state index < -0.39 is 5.97 Å². The van der Waals surface area contributed by atoms with Gasteiger partial charge in [0.25, 0.3) is 5.91 Å². The summed E-state index contributed by atoms with van der Waals surface area (Å²) in [6.07, 6.45) is 3.35. The third kappa shape index (κ3) is 3.97. The first-order chi connectivity index (χ1) is 14.0. The van der Waals surface area contributed by atoms with Crippen LogP contribution in [0.15, 0.2) is 54.7 Å². The predicted octanol–water partition coefficient (Wildman–Crippen LogP) is 4.21. The van der Waals surface area contributed by atoms with E-state index in [9.17, 15) is 9.59 Å². The number of anilines is 2. The summed E-state index contributed by atoms with van der Waals surface area (Å²) in [7, 11) is 0. The molecule has 1 amide bonds. The largest absolute Gasteiger partial charge is 0.481 e. The lowest BCUT2D eigenvalue weighted by Gasteiger charge is -2.32. The number of aryl methyl sites for hydroxylation is 1. The van der Waals surface area contributed by atoms with E-state index in [2.05, 4.69) is 27.8 Å². The molecule has 2 N–H and O–H groups in total. The van der Waals surface area contributed by atoms with Crippen LogP contribution in [0.2, 0.25) is 0 Å². The van der Waals surface area contributed by atoms with Crippen LogP contribution in [0.1, 0.15) is 30.1 Å². The Morgan fingerprint density at radius 1 is 1.07 bits per heavy atom. The standard InChI is InChI=1S/C23H25N3O3/c1-2-25-12-9-16-3-6-19(15-21(16)25)24-22(27)17-4-7-20(8-5-17)26-13-10-18(11-14-26)23(28)29/h3-9,12,15,18H,2,10-11,13-14H2,1H3,(H,24,27)(H,28,29). The smallest absolute Gasteiger partial charge is 0.306 e. The zero-order chi connectivity index (χ0) is 20.4. The topological polar surface area (TPSA) is 74.6 Å². The quantitative estimate of drug-likeness (QED) is 0.683. The summed E-state index contributed by atoms with van der Waals surface area (Å²) in [5.41, 5.74) is 3.49. The van der Waals surface area contributed by atoms with Crippen LogP contribution in [0.3, 0.4) is 0 Å². The van der Waals surface area contributed by atoms with Gasteiger partial charge in [-0.1, -0.05) is 6.07 Å². The van der Waals surface area contributed by atoms with Crippen LogP contribution in [0.25, 0.3) is 10.9 Å². The van der Waals surface area contributed by atoms with Gasteiger partial charge in [-0.15, -0.1) is 0 Å². The molecule has 0 bridgehead atoms. The van der Waals surface area contributed by atoms with Gasteiger partial charge < -0.3 is 19.9 Å². The number of benzene rings is 2.